The Balaban J connectivity index is 2.17. The van der Waals surface area contributed by atoms with Crippen LogP contribution in [-0.2, 0) is 6.54 Å². The van der Waals surface area contributed by atoms with E-state index < -0.39 is 0 Å². The van der Waals surface area contributed by atoms with E-state index in [2.05, 4.69) is 71.0 Å². The van der Waals surface area contributed by atoms with Crippen LogP contribution in [0.3, 0.4) is 0 Å². The Bertz CT molecular complexity index is 593. The van der Waals surface area contributed by atoms with Crippen molar-refractivity contribution in [2.24, 2.45) is 0 Å². The molecule has 100 valence electrons. The third-order valence-corrected chi connectivity index (χ3v) is 4.23. The van der Waals surface area contributed by atoms with Crippen molar-refractivity contribution in [3.63, 3.8) is 0 Å². The van der Waals surface area contributed by atoms with Crippen LogP contribution in [0.1, 0.15) is 22.4 Å². The molecule has 0 spiro atoms. The van der Waals surface area contributed by atoms with Crippen LogP contribution in [0.2, 0.25) is 0 Å². The molecule has 0 aliphatic rings. The largest absolute Gasteiger partial charge is 0.355 e. The molecule has 0 amide bonds. The summed E-state index contributed by atoms with van der Waals surface area (Å²) in [5.74, 6) is 0.999. The summed E-state index contributed by atoms with van der Waals surface area (Å²) in [5.41, 5.74) is 5.01. The number of aromatic nitrogens is 1. The van der Waals surface area contributed by atoms with Gasteiger partial charge < -0.3 is 4.90 Å². The Labute approximate surface area is 123 Å². The number of aryl methyl sites for hydroxylation is 3. The van der Waals surface area contributed by atoms with Gasteiger partial charge in [0, 0.05) is 18.1 Å². The predicted octanol–water partition coefficient (Wildman–Crippen LogP) is 4.41. The van der Waals surface area contributed by atoms with Crippen molar-refractivity contribution in [2.75, 3.05) is 11.9 Å². The van der Waals surface area contributed by atoms with E-state index in [1.165, 1.54) is 16.7 Å². The van der Waals surface area contributed by atoms with Gasteiger partial charge in [0.05, 0.1) is 5.69 Å². The second-order valence-electron chi connectivity index (χ2n) is 5.01. The zero-order valence-corrected chi connectivity index (χ0v) is 13.5. The first-order valence-electron chi connectivity index (χ1n) is 6.38. The number of hydrogen-bond acceptors (Lipinski definition) is 2. The molecule has 0 radical (unpaired) electrons. The minimum atomic E-state index is 0.870. The van der Waals surface area contributed by atoms with E-state index in [-0.39, 0.29) is 0 Å². The normalized spacial score (nSPS) is 10.6. The second-order valence-corrected chi connectivity index (χ2v) is 5.87. The molecular weight excluding hydrogens is 300 g/mol. The van der Waals surface area contributed by atoms with Gasteiger partial charge in [-0.15, -0.1) is 0 Å². The van der Waals surface area contributed by atoms with Gasteiger partial charge in [0.15, 0.2) is 0 Å². The molecule has 0 saturated carbocycles. The summed E-state index contributed by atoms with van der Waals surface area (Å²) in [7, 11) is 2.07. The zero-order chi connectivity index (χ0) is 14.0. The summed E-state index contributed by atoms with van der Waals surface area (Å²) in [6.45, 7) is 7.18. The van der Waals surface area contributed by atoms with E-state index in [1.807, 2.05) is 13.0 Å². The van der Waals surface area contributed by atoms with Crippen LogP contribution in [0.15, 0.2) is 34.8 Å². The summed E-state index contributed by atoms with van der Waals surface area (Å²) in [4.78, 5) is 6.76. The van der Waals surface area contributed by atoms with Gasteiger partial charge in [-0.05, 0) is 65.5 Å². The molecule has 0 unspecified atom stereocenters. The maximum absolute atomic E-state index is 4.59. The zero-order valence-electron chi connectivity index (χ0n) is 11.9. The summed E-state index contributed by atoms with van der Waals surface area (Å²) in [5, 5.41) is 0. The third-order valence-electron chi connectivity index (χ3n) is 3.39. The van der Waals surface area contributed by atoms with Crippen molar-refractivity contribution in [3.8, 4) is 0 Å². The van der Waals surface area contributed by atoms with Crippen LogP contribution in [0.5, 0.6) is 0 Å². The van der Waals surface area contributed by atoms with Crippen LogP contribution in [0.4, 0.5) is 5.82 Å². The molecule has 0 atom stereocenters. The molecule has 0 saturated heterocycles. The van der Waals surface area contributed by atoms with Crippen molar-refractivity contribution in [1.29, 1.82) is 0 Å². The minimum absolute atomic E-state index is 0.870. The van der Waals surface area contributed by atoms with Crippen molar-refractivity contribution in [1.82, 2.24) is 4.98 Å². The monoisotopic (exact) mass is 318 g/mol. The van der Waals surface area contributed by atoms with Crippen LogP contribution in [0, 0.1) is 20.8 Å². The van der Waals surface area contributed by atoms with Crippen molar-refractivity contribution >= 4 is 21.7 Å². The van der Waals surface area contributed by atoms with Crippen molar-refractivity contribution in [3.05, 3.63) is 57.2 Å². The van der Waals surface area contributed by atoms with Gasteiger partial charge >= 0.3 is 0 Å². The molecule has 0 fully saturated rings. The van der Waals surface area contributed by atoms with Crippen LogP contribution < -0.4 is 4.90 Å². The summed E-state index contributed by atoms with van der Waals surface area (Å²) >= 11 is 3.48. The number of rotatable bonds is 3. The Kier molecular flexibility index (Phi) is 4.25. The highest BCUT2D eigenvalue weighted by molar-refractivity contribution is 9.10. The molecule has 3 heteroatoms. The fraction of sp³-hybridized carbons (Fsp3) is 0.312. The molecular formula is C16H19BrN2. The van der Waals surface area contributed by atoms with Gasteiger partial charge in [-0.2, -0.15) is 0 Å². The number of hydrogen-bond donors (Lipinski definition) is 0. The highest BCUT2D eigenvalue weighted by Gasteiger charge is 2.06. The van der Waals surface area contributed by atoms with Gasteiger partial charge in [0.2, 0.25) is 0 Å². The lowest BCUT2D eigenvalue weighted by Crippen LogP contribution is -2.18. The van der Waals surface area contributed by atoms with E-state index in [0.717, 1.165) is 22.5 Å². The quantitative estimate of drug-likeness (QED) is 0.833. The van der Waals surface area contributed by atoms with Gasteiger partial charge in [-0.25, -0.2) is 4.98 Å². The van der Waals surface area contributed by atoms with Crippen LogP contribution >= 0.6 is 15.9 Å². The summed E-state index contributed by atoms with van der Waals surface area (Å²) < 4.78 is 1.05. The first kappa shape index (κ1) is 14.1. The maximum atomic E-state index is 4.59. The fourth-order valence-corrected chi connectivity index (χ4v) is 2.22. The average molecular weight is 319 g/mol. The minimum Gasteiger partial charge on any atom is -0.355 e. The second kappa shape index (κ2) is 5.74. The predicted molar refractivity (Wildman–Crippen MR) is 84.7 cm³/mol. The van der Waals surface area contributed by atoms with Gasteiger partial charge in [-0.3, -0.25) is 0 Å². The first-order valence-corrected chi connectivity index (χ1v) is 7.17. The molecule has 1 aromatic carbocycles. The summed E-state index contributed by atoms with van der Waals surface area (Å²) in [6.07, 6.45) is 0. The maximum Gasteiger partial charge on any atom is 0.128 e. The molecule has 2 aromatic rings. The van der Waals surface area contributed by atoms with Crippen LogP contribution in [-0.4, -0.2) is 12.0 Å². The number of nitrogens with zero attached hydrogens (tertiary/aromatic N) is 2. The summed E-state index contributed by atoms with van der Waals surface area (Å²) in [6, 6.07) is 10.7. The van der Waals surface area contributed by atoms with Crippen molar-refractivity contribution < 1.29 is 0 Å². The highest BCUT2D eigenvalue weighted by atomic mass is 79.9. The molecule has 0 aliphatic carbocycles. The molecule has 0 bridgehead atoms. The third kappa shape index (κ3) is 3.35. The number of anilines is 1. The lowest BCUT2D eigenvalue weighted by atomic mass is 10.1. The molecule has 19 heavy (non-hydrogen) atoms. The molecule has 0 aliphatic heterocycles. The van der Waals surface area contributed by atoms with Gasteiger partial charge in [0.25, 0.3) is 0 Å². The van der Waals surface area contributed by atoms with E-state index >= 15 is 0 Å². The van der Waals surface area contributed by atoms with E-state index in [0.29, 0.717) is 0 Å². The first-order chi connectivity index (χ1) is 8.97. The topological polar surface area (TPSA) is 16.1 Å². The fourth-order valence-electron chi connectivity index (χ4n) is 2.00. The number of benzene rings is 1. The lowest BCUT2D eigenvalue weighted by molar-refractivity contribution is 0.889. The Morgan fingerprint density at radius 2 is 1.79 bits per heavy atom. The van der Waals surface area contributed by atoms with E-state index in [4.69, 9.17) is 0 Å². The Hall–Kier alpha value is -1.35. The van der Waals surface area contributed by atoms with E-state index in [1.54, 1.807) is 0 Å². The van der Waals surface area contributed by atoms with Crippen LogP contribution in [0.25, 0.3) is 0 Å². The molecule has 2 nitrogen and oxygen atoms in total. The van der Waals surface area contributed by atoms with Gasteiger partial charge in [-0.1, -0.05) is 18.2 Å². The Morgan fingerprint density at radius 1 is 1.05 bits per heavy atom. The highest BCUT2D eigenvalue weighted by Crippen LogP contribution is 2.20. The van der Waals surface area contributed by atoms with E-state index in [9.17, 15) is 0 Å². The SMILES string of the molecule is Cc1ccc(CN(C)c2ccc(Br)c(C)n2)cc1C. The van der Waals surface area contributed by atoms with Crippen molar-refractivity contribution in [2.45, 2.75) is 27.3 Å². The molecule has 1 aromatic heterocycles. The smallest absolute Gasteiger partial charge is 0.128 e. The average Bonchev–Trinajstić information content (AvgIpc) is 2.37. The lowest BCUT2D eigenvalue weighted by Gasteiger charge is -2.19. The number of halogens is 1. The van der Waals surface area contributed by atoms with Gasteiger partial charge in [0.1, 0.15) is 5.82 Å². The molecule has 2 rings (SSSR count). The molecule has 0 N–H and O–H groups in total. The number of pyridine rings is 1. The molecule has 1 heterocycles. The standard InChI is InChI=1S/C16H19BrN2/c1-11-5-6-14(9-12(11)2)10-19(4)16-8-7-15(17)13(3)18-16/h5-9H,10H2,1-4H3. The Morgan fingerprint density at radius 3 is 2.42 bits per heavy atom.